The molecule has 0 aliphatic carbocycles. The average Bonchev–Trinajstić information content (AvgIpc) is 1.73. The second kappa shape index (κ2) is 53.8. The molecule has 0 aromatic heterocycles. The topological polar surface area (TPSA) is 231 Å². The first kappa shape index (κ1) is 108. The molecule has 4 amide bonds. The maximum atomic E-state index is 13.2. The van der Waals surface area contributed by atoms with Gasteiger partial charge in [-0.2, -0.15) is 0 Å². The Bertz CT molecular complexity index is 5250. The Labute approximate surface area is 901 Å². The number of nitrogens with two attached hydrogens (primary N) is 4. The SMILES string of the molecule is BrCCc1ccc2c(c1)CCO2.I.NC(=O)C(c1ccccc1)(c1ccccc1)C1CCN(CCc2ccc3c(c2)CCO3)C1.NC(=O)C(c1ccccc1)(c1ccccc1)C1CCN(CCc2ccc3c(c2)CCO3)C1.NC(=O)C(c1ccccc1)(c1ccccc1)C1CCN(CCc2ccc3c(c2)CCO3)C1.NC(=O)C(c1ccccc1)(c1ccccc1)C1CCNC1.[I][V]([I])[I].[I][V][I]. The number of halogens is 7. The Hall–Kier alpha value is -6.41. The van der Waals surface area contributed by atoms with E-state index < -0.39 is 21.7 Å². The average molecular weight is 2650 g/mol. The van der Waals surface area contributed by atoms with E-state index >= 15 is 0 Å². The van der Waals surface area contributed by atoms with Crippen molar-refractivity contribution in [1.82, 2.24) is 20.0 Å². The molecule has 25 heteroatoms. The number of ether oxygens (including phenoxy) is 4. The number of primary amides is 4. The van der Waals surface area contributed by atoms with Gasteiger partial charge in [-0.1, -0.05) is 307 Å². The summed E-state index contributed by atoms with van der Waals surface area (Å²) in [6.07, 6.45) is 12.0. The van der Waals surface area contributed by atoms with Gasteiger partial charge in [0.25, 0.3) is 0 Å². The van der Waals surface area contributed by atoms with Crippen LogP contribution in [0.4, 0.5) is 0 Å². The molecular formula is C112H122BrI6N8O8V2. The first-order valence-electron chi connectivity index (χ1n) is 47.1. The van der Waals surface area contributed by atoms with Gasteiger partial charge >= 0.3 is 114 Å². The number of amides is 4. The van der Waals surface area contributed by atoms with Crippen molar-refractivity contribution in [3.05, 3.63) is 404 Å². The second-order valence-corrected chi connectivity index (χ2v) is 83.7. The van der Waals surface area contributed by atoms with Crippen LogP contribution >= 0.6 is 140 Å². The number of benzene rings is 12. The van der Waals surface area contributed by atoms with E-state index in [0.717, 1.165) is 248 Å². The van der Waals surface area contributed by atoms with Crippen LogP contribution in [0, 0.1) is 23.7 Å². The summed E-state index contributed by atoms with van der Waals surface area (Å²) < 4.78 is 22.3. The number of likely N-dealkylation sites (tertiary alicyclic amines) is 3. The van der Waals surface area contributed by atoms with Gasteiger partial charge in [-0.15, -0.1) is 24.0 Å². The standard InChI is InChI=1S/3C28H30N2O2.C18H20N2O.C10H11BrO.6HI.2V/c3*29-27(31)28(23-7-3-1-4-8-23,24-9-5-2-6-10-24)25-14-17-30(20-25)16-13-21-11-12-26-22(19-21)15-18-32-26;19-17(21)18(16-11-12-20-13-16,14-7-3-1-4-8-14)15-9-5-2-6-10-15;11-5-3-8-1-2-10-9(7-8)4-6-12-10;;;;;;;;/h3*1-12,19,25H,13-18,20H2,(H2,29,31);1-10,16,20H,11-13H2,(H2,19,21);1-2,7H,3-6H2;6*1H;;/q;;;;;;;;;;;+2;+3/p-5. The van der Waals surface area contributed by atoms with Crippen LogP contribution in [-0.4, -0.2) is 142 Å². The number of aryl methyl sites for hydroxylation is 1. The van der Waals surface area contributed by atoms with E-state index in [1.54, 1.807) is 0 Å². The van der Waals surface area contributed by atoms with Gasteiger partial charge in [0, 0.05) is 70.3 Å². The number of hydrogen-bond acceptors (Lipinski definition) is 12. The van der Waals surface area contributed by atoms with Crippen LogP contribution in [-0.2, 0) is 107 Å². The molecule has 0 radical (unpaired) electrons. The number of nitrogens with one attached hydrogen (secondary N) is 1. The quantitative estimate of drug-likeness (QED) is 0.0239. The van der Waals surface area contributed by atoms with Gasteiger partial charge in [-0.25, -0.2) is 0 Å². The molecule has 717 valence electrons. The van der Waals surface area contributed by atoms with E-state index in [-0.39, 0.29) is 76.2 Å². The van der Waals surface area contributed by atoms with Crippen LogP contribution in [0.25, 0.3) is 0 Å². The molecule has 4 fully saturated rings. The summed E-state index contributed by atoms with van der Waals surface area (Å²) in [7, 11) is 0.628. The fourth-order valence-corrected chi connectivity index (χ4v) is 22.3. The zero-order valence-electron chi connectivity index (χ0n) is 77.1. The number of hydrogen-bond donors (Lipinski definition) is 5. The Morgan fingerprint density at radius 1 is 0.343 bits per heavy atom. The third kappa shape index (κ3) is 26.6. The number of fused-ring (bicyclic) bond motifs is 4. The minimum atomic E-state index is -0.817. The molecule has 4 atom stereocenters. The third-order valence-electron chi connectivity index (χ3n) is 28.3. The number of carbonyl (C=O) groups excluding carboxylic acids is 4. The molecule has 8 aliphatic rings. The van der Waals surface area contributed by atoms with Gasteiger partial charge in [-0.05, 0) is 221 Å². The minimum absolute atomic E-state index is 0. The second-order valence-electron chi connectivity index (χ2n) is 35.8. The summed E-state index contributed by atoms with van der Waals surface area (Å²) in [6, 6.07) is 107. The monoisotopic (exact) mass is 2650 g/mol. The zero-order chi connectivity index (χ0) is 95.3. The predicted molar refractivity (Wildman–Crippen MR) is 603 cm³/mol. The Morgan fingerprint density at radius 2 is 0.555 bits per heavy atom. The van der Waals surface area contributed by atoms with Gasteiger partial charge in [0.05, 0.1) is 26.4 Å². The molecule has 12 aromatic carbocycles. The van der Waals surface area contributed by atoms with Crippen LogP contribution in [0.3, 0.4) is 0 Å². The van der Waals surface area contributed by atoms with Crippen molar-refractivity contribution >= 4 is 163 Å². The summed E-state index contributed by atoms with van der Waals surface area (Å²) in [4.78, 5) is 59.4. The maximum absolute atomic E-state index is 13.2. The molecule has 20 rings (SSSR count). The van der Waals surface area contributed by atoms with Gasteiger partial charge < -0.3 is 61.9 Å². The summed E-state index contributed by atoms with van der Waals surface area (Å²) in [5.41, 5.74) is 40.1. The fourth-order valence-electron chi connectivity index (χ4n) is 21.8. The number of alkyl halides is 1. The fraction of sp³-hybridized carbons (Fsp3) is 0.321. The number of carbonyl (C=O) groups is 4. The number of rotatable bonds is 27. The Kier molecular flexibility index (Phi) is 42.3. The van der Waals surface area contributed by atoms with Crippen molar-refractivity contribution in [1.29, 1.82) is 0 Å². The summed E-state index contributed by atoms with van der Waals surface area (Å²) in [5.74, 6) is 3.71. The van der Waals surface area contributed by atoms with E-state index in [2.05, 4.69) is 209 Å². The molecular weight excluding hydrogens is 2530 g/mol. The first-order valence-corrected chi connectivity index (χ1v) is 70.7. The molecule has 0 saturated carbocycles. The summed E-state index contributed by atoms with van der Waals surface area (Å²) >= 11 is 15.6. The van der Waals surface area contributed by atoms with Crippen LogP contribution in [0.2, 0.25) is 0 Å². The molecule has 8 aliphatic heterocycles. The summed E-state index contributed by atoms with van der Waals surface area (Å²) in [5, 5.41) is 4.40. The van der Waals surface area contributed by atoms with Crippen molar-refractivity contribution < 1.29 is 52.5 Å². The first-order chi connectivity index (χ1) is 66.3. The molecule has 0 spiro atoms. The molecule has 16 nitrogen and oxygen atoms in total. The molecule has 0 bridgehead atoms. The van der Waals surface area contributed by atoms with Crippen molar-refractivity contribution in [3.63, 3.8) is 0 Å². The van der Waals surface area contributed by atoms with Crippen molar-refractivity contribution in [3.8, 4) is 23.0 Å². The molecule has 137 heavy (non-hydrogen) atoms. The van der Waals surface area contributed by atoms with Crippen LogP contribution < -0.4 is 47.2 Å². The summed E-state index contributed by atoms with van der Waals surface area (Å²) in [6.45, 7) is 13.4. The van der Waals surface area contributed by atoms with Gasteiger partial charge in [0.15, 0.2) is 0 Å². The van der Waals surface area contributed by atoms with Crippen molar-refractivity contribution in [2.24, 2.45) is 46.6 Å². The van der Waals surface area contributed by atoms with E-state index in [0.29, 0.717) is 9.47 Å². The zero-order valence-corrected chi connectivity index (χ0v) is 94.6. The van der Waals surface area contributed by atoms with Crippen molar-refractivity contribution in [2.75, 3.05) is 104 Å². The molecule has 4 unspecified atom stereocenters. The van der Waals surface area contributed by atoms with Gasteiger partial charge in [-0.3, -0.25) is 19.2 Å². The van der Waals surface area contributed by atoms with E-state index in [4.69, 9.17) is 41.9 Å². The predicted octanol–water partition coefficient (Wildman–Crippen LogP) is 21.5. The van der Waals surface area contributed by atoms with Gasteiger partial charge in [0.1, 0.15) is 44.7 Å². The Balaban J connectivity index is 0.000000146. The van der Waals surface area contributed by atoms with E-state index in [1.807, 2.05) is 243 Å². The van der Waals surface area contributed by atoms with Gasteiger partial charge in [0.2, 0.25) is 23.6 Å². The third-order valence-corrected chi connectivity index (χ3v) is 28.7. The van der Waals surface area contributed by atoms with E-state index in [1.165, 1.54) is 44.5 Å². The van der Waals surface area contributed by atoms with Crippen LogP contribution in [0.15, 0.2) is 315 Å². The van der Waals surface area contributed by atoms with Crippen molar-refractivity contribution in [2.45, 2.75) is 98.7 Å². The van der Waals surface area contributed by atoms with E-state index in [9.17, 15) is 19.2 Å². The molecule has 12 aromatic rings. The Morgan fingerprint density at radius 3 is 0.752 bits per heavy atom. The van der Waals surface area contributed by atoms with Crippen LogP contribution in [0.1, 0.15) is 115 Å². The molecule has 4 saturated heterocycles. The molecule has 8 heterocycles. The normalized spacial score (nSPS) is 17.3. The van der Waals surface area contributed by atoms with Crippen LogP contribution in [0.5, 0.6) is 23.0 Å². The molecule has 9 N–H and O–H groups in total. The number of nitrogens with zero attached hydrogens (tertiary/aromatic N) is 3.